The number of nitrogens with zero attached hydrogens (tertiary/aromatic N) is 2. The molecule has 0 N–H and O–H groups in total. The van der Waals surface area contributed by atoms with Crippen molar-refractivity contribution in [2.75, 3.05) is 5.33 Å². The third kappa shape index (κ3) is 3.28. The lowest BCUT2D eigenvalue weighted by Gasteiger charge is -1.87. The number of rotatable bonds is 3. The van der Waals surface area contributed by atoms with E-state index >= 15 is 0 Å². The Kier molecular flexibility index (Phi) is 3.83. The standard InChI is InChI=1S/C8H9BrN2/c9-5-2-1-4-8-10-6-3-7-11-8/h1,3-4,6-7H,2,5H2. The molecule has 3 heteroatoms. The van der Waals surface area contributed by atoms with Crippen molar-refractivity contribution >= 4 is 22.0 Å². The Bertz CT molecular complexity index is 221. The molecule has 0 unspecified atom stereocenters. The fourth-order valence-electron chi connectivity index (χ4n) is 0.648. The molecule has 0 atom stereocenters. The summed E-state index contributed by atoms with van der Waals surface area (Å²) in [5, 5.41) is 0.982. The Morgan fingerprint density at radius 2 is 2.09 bits per heavy atom. The summed E-state index contributed by atoms with van der Waals surface area (Å²) in [5.41, 5.74) is 0. The van der Waals surface area contributed by atoms with E-state index in [2.05, 4.69) is 25.9 Å². The van der Waals surface area contributed by atoms with E-state index in [1.165, 1.54) is 0 Å². The molecule has 0 spiro atoms. The largest absolute Gasteiger partial charge is 0.237 e. The highest BCUT2D eigenvalue weighted by molar-refractivity contribution is 9.09. The van der Waals surface area contributed by atoms with Gasteiger partial charge in [-0.25, -0.2) is 9.97 Å². The van der Waals surface area contributed by atoms with Crippen LogP contribution in [0.4, 0.5) is 0 Å². The summed E-state index contributed by atoms with van der Waals surface area (Å²) in [4.78, 5) is 8.07. The maximum absolute atomic E-state index is 4.04. The van der Waals surface area contributed by atoms with Crippen molar-refractivity contribution < 1.29 is 0 Å². The van der Waals surface area contributed by atoms with Gasteiger partial charge >= 0.3 is 0 Å². The van der Waals surface area contributed by atoms with Gasteiger partial charge in [0.2, 0.25) is 0 Å². The second kappa shape index (κ2) is 5.02. The van der Waals surface area contributed by atoms with E-state index in [4.69, 9.17) is 0 Å². The minimum absolute atomic E-state index is 0.772. The van der Waals surface area contributed by atoms with E-state index in [1.807, 2.05) is 18.2 Å². The first-order chi connectivity index (χ1) is 5.43. The zero-order chi connectivity index (χ0) is 7.94. The summed E-state index contributed by atoms with van der Waals surface area (Å²) in [6.07, 6.45) is 8.45. The molecule has 0 radical (unpaired) electrons. The van der Waals surface area contributed by atoms with Gasteiger partial charge < -0.3 is 0 Å². The average Bonchev–Trinajstić information content (AvgIpc) is 2.07. The number of alkyl halides is 1. The summed E-state index contributed by atoms with van der Waals surface area (Å²) < 4.78 is 0. The summed E-state index contributed by atoms with van der Waals surface area (Å²) in [5.74, 6) is 0.772. The van der Waals surface area contributed by atoms with Crippen LogP contribution in [0.2, 0.25) is 0 Å². The molecular weight excluding hydrogens is 204 g/mol. The summed E-state index contributed by atoms with van der Waals surface area (Å²) in [6.45, 7) is 0. The van der Waals surface area contributed by atoms with Crippen molar-refractivity contribution in [1.29, 1.82) is 0 Å². The molecule has 58 valence electrons. The van der Waals surface area contributed by atoms with Gasteiger partial charge in [-0.2, -0.15) is 0 Å². The summed E-state index contributed by atoms with van der Waals surface area (Å²) in [6, 6.07) is 1.81. The van der Waals surface area contributed by atoms with E-state index in [9.17, 15) is 0 Å². The molecule has 1 heterocycles. The van der Waals surface area contributed by atoms with Gasteiger partial charge in [-0.05, 0) is 18.6 Å². The van der Waals surface area contributed by atoms with E-state index in [1.54, 1.807) is 12.4 Å². The molecule has 0 aromatic carbocycles. The maximum Gasteiger partial charge on any atom is 0.151 e. The SMILES string of the molecule is BrCCC=Cc1ncccn1. The monoisotopic (exact) mass is 212 g/mol. The van der Waals surface area contributed by atoms with Crippen molar-refractivity contribution in [1.82, 2.24) is 9.97 Å². The molecule has 2 nitrogen and oxygen atoms in total. The Morgan fingerprint density at radius 1 is 1.36 bits per heavy atom. The Labute approximate surface area is 74.5 Å². The molecule has 0 aliphatic rings. The van der Waals surface area contributed by atoms with Crippen LogP contribution in [-0.2, 0) is 0 Å². The van der Waals surface area contributed by atoms with Crippen molar-refractivity contribution in [2.24, 2.45) is 0 Å². The number of hydrogen-bond acceptors (Lipinski definition) is 2. The van der Waals surface area contributed by atoms with Gasteiger partial charge in [0.25, 0.3) is 0 Å². The van der Waals surface area contributed by atoms with Gasteiger partial charge in [0.05, 0.1) is 0 Å². The number of aromatic nitrogens is 2. The minimum Gasteiger partial charge on any atom is -0.237 e. The highest BCUT2D eigenvalue weighted by Crippen LogP contribution is 1.95. The van der Waals surface area contributed by atoms with Crippen LogP contribution in [0, 0.1) is 0 Å². The lowest BCUT2D eigenvalue weighted by molar-refractivity contribution is 1.13. The van der Waals surface area contributed by atoms with Crippen LogP contribution in [0.15, 0.2) is 24.5 Å². The molecule has 0 saturated carbocycles. The first-order valence-electron chi connectivity index (χ1n) is 3.43. The predicted octanol–water partition coefficient (Wildman–Crippen LogP) is 2.27. The highest BCUT2D eigenvalue weighted by atomic mass is 79.9. The first-order valence-corrected chi connectivity index (χ1v) is 4.55. The zero-order valence-electron chi connectivity index (χ0n) is 6.07. The van der Waals surface area contributed by atoms with E-state index in [-0.39, 0.29) is 0 Å². The molecule has 1 rings (SSSR count). The van der Waals surface area contributed by atoms with Crippen LogP contribution < -0.4 is 0 Å². The molecule has 0 bridgehead atoms. The van der Waals surface area contributed by atoms with E-state index in [0.717, 1.165) is 17.6 Å². The quantitative estimate of drug-likeness (QED) is 0.719. The fraction of sp³-hybridized carbons (Fsp3) is 0.250. The molecule has 11 heavy (non-hydrogen) atoms. The van der Waals surface area contributed by atoms with Crippen LogP contribution in [0.3, 0.4) is 0 Å². The topological polar surface area (TPSA) is 25.8 Å². The molecule has 0 amide bonds. The maximum atomic E-state index is 4.04. The van der Waals surface area contributed by atoms with Gasteiger partial charge in [-0.3, -0.25) is 0 Å². The van der Waals surface area contributed by atoms with Crippen LogP contribution in [0.25, 0.3) is 6.08 Å². The van der Waals surface area contributed by atoms with Crippen LogP contribution in [0.5, 0.6) is 0 Å². The van der Waals surface area contributed by atoms with Crippen LogP contribution in [-0.4, -0.2) is 15.3 Å². The average molecular weight is 213 g/mol. The first kappa shape index (κ1) is 8.40. The molecule has 1 aromatic heterocycles. The number of halogens is 1. The van der Waals surface area contributed by atoms with Crippen molar-refractivity contribution in [3.05, 3.63) is 30.4 Å². The third-order valence-electron chi connectivity index (χ3n) is 1.13. The van der Waals surface area contributed by atoms with Gasteiger partial charge in [0.15, 0.2) is 5.82 Å². The zero-order valence-corrected chi connectivity index (χ0v) is 7.66. The van der Waals surface area contributed by atoms with Gasteiger partial charge in [-0.1, -0.05) is 22.0 Å². The van der Waals surface area contributed by atoms with Gasteiger partial charge in [-0.15, -0.1) is 0 Å². The normalized spacial score (nSPS) is 10.6. The molecule has 1 aromatic rings. The molecule has 0 aliphatic carbocycles. The summed E-state index contributed by atoms with van der Waals surface area (Å²) >= 11 is 3.33. The lowest BCUT2D eigenvalue weighted by atomic mass is 10.4. The fourth-order valence-corrected chi connectivity index (χ4v) is 0.913. The minimum atomic E-state index is 0.772. The number of hydrogen-bond donors (Lipinski definition) is 0. The Morgan fingerprint density at radius 3 is 2.73 bits per heavy atom. The van der Waals surface area contributed by atoms with Crippen molar-refractivity contribution in [3.63, 3.8) is 0 Å². The van der Waals surface area contributed by atoms with E-state index in [0.29, 0.717) is 0 Å². The molecule has 0 saturated heterocycles. The summed E-state index contributed by atoms with van der Waals surface area (Å²) in [7, 11) is 0. The van der Waals surface area contributed by atoms with Crippen molar-refractivity contribution in [3.8, 4) is 0 Å². The third-order valence-corrected chi connectivity index (χ3v) is 1.59. The Balaban J connectivity index is 2.50. The smallest absolute Gasteiger partial charge is 0.151 e. The second-order valence-corrected chi connectivity index (χ2v) is 2.78. The van der Waals surface area contributed by atoms with Crippen LogP contribution >= 0.6 is 15.9 Å². The van der Waals surface area contributed by atoms with Gasteiger partial charge in [0, 0.05) is 17.7 Å². The number of allylic oxidation sites excluding steroid dienone is 1. The van der Waals surface area contributed by atoms with Crippen LogP contribution in [0.1, 0.15) is 12.2 Å². The predicted molar refractivity (Wildman–Crippen MR) is 49.5 cm³/mol. The molecule has 0 aliphatic heterocycles. The Hall–Kier alpha value is -0.700. The van der Waals surface area contributed by atoms with E-state index < -0.39 is 0 Å². The molecular formula is C8H9BrN2. The molecule has 0 fully saturated rings. The van der Waals surface area contributed by atoms with Crippen molar-refractivity contribution in [2.45, 2.75) is 6.42 Å². The lowest BCUT2D eigenvalue weighted by Crippen LogP contribution is -1.82. The second-order valence-electron chi connectivity index (χ2n) is 1.99. The van der Waals surface area contributed by atoms with Gasteiger partial charge in [0.1, 0.15) is 0 Å². The highest BCUT2D eigenvalue weighted by Gasteiger charge is 1.83.